The van der Waals surface area contributed by atoms with Gasteiger partial charge in [-0.25, -0.2) is 4.98 Å². The van der Waals surface area contributed by atoms with Crippen LogP contribution in [0.1, 0.15) is 25.3 Å². The highest BCUT2D eigenvalue weighted by atomic mass is 16.5. The van der Waals surface area contributed by atoms with Gasteiger partial charge in [0.1, 0.15) is 11.9 Å². The van der Waals surface area contributed by atoms with E-state index in [2.05, 4.69) is 22.9 Å². The number of nitriles is 1. The van der Waals surface area contributed by atoms with Crippen molar-refractivity contribution in [3.8, 4) is 6.07 Å². The van der Waals surface area contributed by atoms with E-state index in [1.165, 1.54) is 0 Å². The monoisotopic (exact) mass is 231 g/mol. The standard InChI is InChI=1S/C13H17N3O/c1-10-7-12(17-2)5-6-16(10)13-4-3-11(8-14)9-15-13/h3-4,9-10,12H,5-7H2,1-2H3. The van der Waals surface area contributed by atoms with Gasteiger partial charge in [-0.05, 0) is 31.9 Å². The van der Waals surface area contributed by atoms with Gasteiger partial charge in [0.15, 0.2) is 0 Å². The highest BCUT2D eigenvalue weighted by Crippen LogP contribution is 2.24. The molecule has 0 spiro atoms. The zero-order chi connectivity index (χ0) is 12.3. The van der Waals surface area contributed by atoms with Crippen molar-refractivity contribution in [2.45, 2.75) is 31.9 Å². The van der Waals surface area contributed by atoms with E-state index in [-0.39, 0.29) is 0 Å². The van der Waals surface area contributed by atoms with Crippen molar-refractivity contribution >= 4 is 5.82 Å². The summed E-state index contributed by atoms with van der Waals surface area (Å²) in [5, 5.41) is 8.74. The van der Waals surface area contributed by atoms with E-state index in [0.717, 1.165) is 25.2 Å². The summed E-state index contributed by atoms with van der Waals surface area (Å²) in [6.45, 7) is 3.14. The molecule has 0 N–H and O–H groups in total. The Morgan fingerprint density at radius 1 is 1.53 bits per heavy atom. The first kappa shape index (κ1) is 11.9. The fourth-order valence-electron chi connectivity index (χ4n) is 2.31. The average molecular weight is 231 g/mol. The summed E-state index contributed by atoms with van der Waals surface area (Å²) in [6.07, 6.45) is 4.05. The first-order valence-electron chi connectivity index (χ1n) is 5.90. The third kappa shape index (κ3) is 2.56. The second-order valence-electron chi connectivity index (χ2n) is 4.44. The van der Waals surface area contributed by atoms with Gasteiger partial charge in [0.05, 0.1) is 11.7 Å². The van der Waals surface area contributed by atoms with Crippen LogP contribution in [0.4, 0.5) is 5.82 Å². The van der Waals surface area contributed by atoms with E-state index >= 15 is 0 Å². The molecule has 2 rings (SSSR count). The quantitative estimate of drug-likeness (QED) is 0.780. The van der Waals surface area contributed by atoms with Crippen molar-refractivity contribution in [1.29, 1.82) is 5.26 Å². The predicted molar refractivity (Wildman–Crippen MR) is 65.8 cm³/mol. The van der Waals surface area contributed by atoms with E-state index in [4.69, 9.17) is 10.00 Å². The second-order valence-corrected chi connectivity index (χ2v) is 4.44. The van der Waals surface area contributed by atoms with E-state index in [0.29, 0.717) is 17.7 Å². The smallest absolute Gasteiger partial charge is 0.128 e. The molecule has 1 aromatic heterocycles. The normalized spacial score (nSPS) is 24.4. The van der Waals surface area contributed by atoms with Crippen molar-refractivity contribution in [2.24, 2.45) is 0 Å². The van der Waals surface area contributed by atoms with Crippen LogP contribution in [0, 0.1) is 11.3 Å². The number of hydrogen-bond acceptors (Lipinski definition) is 4. The van der Waals surface area contributed by atoms with Gasteiger partial charge in [0.25, 0.3) is 0 Å². The minimum absolute atomic E-state index is 0.361. The third-order valence-electron chi connectivity index (χ3n) is 3.33. The summed E-state index contributed by atoms with van der Waals surface area (Å²) in [5.41, 5.74) is 0.605. The molecule has 1 aliphatic heterocycles. The predicted octanol–water partition coefficient (Wildman–Crippen LogP) is 1.96. The second kappa shape index (κ2) is 5.15. The van der Waals surface area contributed by atoms with Crippen molar-refractivity contribution in [2.75, 3.05) is 18.6 Å². The number of hydrogen-bond donors (Lipinski definition) is 0. The molecule has 4 heteroatoms. The molecule has 0 aromatic carbocycles. The Morgan fingerprint density at radius 2 is 2.35 bits per heavy atom. The Balaban J connectivity index is 2.09. The van der Waals surface area contributed by atoms with Gasteiger partial charge >= 0.3 is 0 Å². The molecule has 1 aliphatic rings. The molecule has 2 atom stereocenters. The largest absolute Gasteiger partial charge is 0.381 e. The number of rotatable bonds is 2. The molecule has 0 saturated carbocycles. The van der Waals surface area contributed by atoms with Crippen molar-refractivity contribution < 1.29 is 4.74 Å². The maximum Gasteiger partial charge on any atom is 0.128 e. The Hall–Kier alpha value is -1.60. The number of pyridine rings is 1. The van der Waals surface area contributed by atoms with Crippen LogP contribution in [0.3, 0.4) is 0 Å². The highest BCUT2D eigenvalue weighted by Gasteiger charge is 2.25. The lowest BCUT2D eigenvalue weighted by atomic mass is 10.0. The van der Waals surface area contributed by atoms with E-state index in [9.17, 15) is 0 Å². The van der Waals surface area contributed by atoms with Gasteiger partial charge in [0.2, 0.25) is 0 Å². The van der Waals surface area contributed by atoms with E-state index < -0.39 is 0 Å². The maximum absolute atomic E-state index is 8.74. The summed E-state index contributed by atoms with van der Waals surface area (Å²) in [6, 6.07) is 6.24. The summed E-state index contributed by atoms with van der Waals surface area (Å²) in [5.74, 6) is 0.950. The zero-order valence-electron chi connectivity index (χ0n) is 10.3. The number of anilines is 1. The van der Waals surface area contributed by atoms with Crippen LogP contribution in [-0.2, 0) is 4.74 Å². The number of ether oxygens (including phenoxy) is 1. The lowest BCUT2D eigenvalue weighted by Crippen LogP contribution is -2.43. The Bertz CT molecular complexity index is 410. The Labute approximate surface area is 102 Å². The molecule has 1 saturated heterocycles. The summed E-state index contributed by atoms with van der Waals surface area (Å²) >= 11 is 0. The molecule has 1 aromatic rings. The van der Waals surface area contributed by atoms with Crippen LogP contribution in [0.2, 0.25) is 0 Å². The van der Waals surface area contributed by atoms with Gasteiger partial charge in [-0.15, -0.1) is 0 Å². The molecule has 0 bridgehead atoms. The lowest BCUT2D eigenvalue weighted by molar-refractivity contribution is 0.0719. The van der Waals surface area contributed by atoms with Gasteiger partial charge in [-0.1, -0.05) is 0 Å². The van der Waals surface area contributed by atoms with Crippen LogP contribution in [0.15, 0.2) is 18.3 Å². The molecular weight excluding hydrogens is 214 g/mol. The number of methoxy groups -OCH3 is 1. The van der Waals surface area contributed by atoms with Crippen LogP contribution in [0.25, 0.3) is 0 Å². The third-order valence-corrected chi connectivity index (χ3v) is 3.33. The molecule has 0 radical (unpaired) electrons. The van der Waals surface area contributed by atoms with Crippen molar-refractivity contribution in [3.63, 3.8) is 0 Å². The molecule has 2 unspecified atom stereocenters. The van der Waals surface area contributed by atoms with Gasteiger partial charge in [0, 0.05) is 25.9 Å². The molecular formula is C13H17N3O. The van der Waals surface area contributed by atoms with E-state index in [1.54, 1.807) is 13.3 Å². The fourth-order valence-corrected chi connectivity index (χ4v) is 2.31. The molecule has 90 valence electrons. The summed E-state index contributed by atoms with van der Waals surface area (Å²) < 4.78 is 5.39. The van der Waals surface area contributed by atoms with Crippen LogP contribution in [0.5, 0.6) is 0 Å². The molecule has 2 heterocycles. The van der Waals surface area contributed by atoms with Crippen molar-refractivity contribution in [3.05, 3.63) is 23.9 Å². The minimum atomic E-state index is 0.361. The average Bonchev–Trinajstić information content (AvgIpc) is 2.39. The number of piperidine rings is 1. The van der Waals surface area contributed by atoms with Crippen LogP contribution in [-0.4, -0.2) is 30.8 Å². The SMILES string of the molecule is COC1CCN(c2ccc(C#N)cn2)C(C)C1. The Morgan fingerprint density at radius 3 is 2.88 bits per heavy atom. The molecule has 0 amide bonds. The first-order chi connectivity index (χ1) is 8.24. The Kier molecular flexibility index (Phi) is 3.60. The van der Waals surface area contributed by atoms with Crippen molar-refractivity contribution in [1.82, 2.24) is 4.98 Å². The topological polar surface area (TPSA) is 49.1 Å². The zero-order valence-corrected chi connectivity index (χ0v) is 10.3. The number of nitrogens with zero attached hydrogens (tertiary/aromatic N) is 3. The fraction of sp³-hybridized carbons (Fsp3) is 0.538. The summed E-state index contributed by atoms with van der Waals surface area (Å²) in [4.78, 5) is 6.61. The van der Waals surface area contributed by atoms with Crippen LogP contribution >= 0.6 is 0 Å². The number of aromatic nitrogens is 1. The molecule has 1 fully saturated rings. The van der Waals surface area contributed by atoms with Gasteiger partial charge in [-0.3, -0.25) is 0 Å². The maximum atomic E-state index is 8.74. The summed E-state index contributed by atoms with van der Waals surface area (Å²) in [7, 11) is 1.77. The first-order valence-corrected chi connectivity index (χ1v) is 5.90. The van der Waals surface area contributed by atoms with Gasteiger partial charge in [-0.2, -0.15) is 5.26 Å². The van der Waals surface area contributed by atoms with Crippen LogP contribution < -0.4 is 4.90 Å². The van der Waals surface area contributed by atoms with Gasteiger partial charge < -0.3 is 9.64 Å². The molecule has 0 aliphatic carbocycles. The molecule has 17 heavy (non-hydrogen) atoms. The molecule has 4 nitrogen and oxygen atoms in total. The lowest BCUT2D eigenvalue weighted by Gasteiger charge is -2.37. The van der Waals surface area contributed by atoms with E-state index in [1.807, 2.05) is 12.1 Å². The minimum Gasteiger partial charge on any atom is -0.381 e. The highest BCUT2D eigenvalue weighted by molar-refractivity contribution is 5.43.